The van der Waals surface area contributed by atoms with Crippen LogP contribution in [-0.4, -0.2) is 16.6 Å². The normalized spacial score (nSPS) is 16.8. The van der Waals surface area contributed by atoms with E-state index in [2.05, 4.69) is 15.4 Å². The molecule has 0 aliphatic heterocycles. The van der Waals surface area contributed by atoms with Crippen molar-refractivity contribution < 1.29 is 4.74 Å². The van der Waals surface area contributed by atoms with E-state index in [9.17, 15) is 0 Å². The van der Waals surface area contributed by atoms with E-state index in [1.54, 1.807) is 0 Å². The zero-order chi connectivity index (χ0) is 12.1. The second kappa shape index (κ2) is 5.82. The van der Waals surface area contributed by atoms with Gasteiger partial charge in [-0.15, -0.1) is 0 Å². The van der Waals surface area contributed by atoms with Gasteiger partial charge in [0.05, 0.1) is 6.61 Å². The number of nitrogens with zero attached hydrogens (tertiary/aromatic N) is 2. The summed E-state index contributed by atoms with van der Waals surface area (Å²) in [6.45, 7) is 2.65. The highest BCUT2D eigenvalue weighted by Gasteiger charge is 2.14. The van der Waals surface area contributed by atoms with Gasteiger partial charge >= 0.3 is 0 Å². The topological polar surface area (TPSA) is 73.1 Å². The van der Waals surface area contributed by atoms with Gasteiger partial charge in [0.1, 0.15) is 0 Å². The smallest absolute Gasteiger partial charge is 0.240 e. The summed E-state index contributed by atoms with van der Waals surface area (Å²) >= 11 is 0. The van der Waals surface area contributed by atoms with Crippen LogP contribution in [-0.2, 0) is 0 Å². The molecule has 2 rings (SSSR count). The van der Waals surface area contributed by atoms with E-state index >= 15 is 0 Å². The maximum atomic E-state index is 5.72. The number of nitrogens with one attached hydrogen (secondary N) is 1. The largest absolute Gasteiger partial charge is 0.477 e. The summed E-state index contributed by atoms with van der Waals surface area (Å²) in [6, 6.07) is 1.84. The Kier molecular flexibility index (Phi) is 4.14. The summed E-state index contributed by atoms with van der Waals surface area (Å²) in [5.74, 6) is 6.98. The Balaban J connectivity index is 1.91. The van der Waals surface area contributed by atoms with Crippen LogP contribution in [0.3, 0.4) is 0 Å². The van der Waals surface area contributed by atoms with E-state index in [1.807, 2.05) is 13.0 Å². The number of hydrogen-bond acceptors (Lipinski definition) is 5. The molecule has 3 N–H and O–H groups in total. The minimum absolute atomic E-state index is 0.406. The molecular weight excluding hydrogens is 216 g/mol. The Morgan fingerprint density at radius 1 is 1.35 bits per heavy atom. The lowest BCUT2D eigenvalue weighted by atomic mass is 9.90. The molecule has 1 aromatic rings. The average molecular weight is 236 g/mol. The quantitative estimate of drug-likeness (QED) is 0.618. The predicted molar refractivity (Wildman–Crippen MR) is 66.6 cm³/mol. The molecule has 1 aliphatic carbocycles. The van der Waals surface area contributed by atoms with Gasteiger partial charge in [-0.05, 0) is 25.7 Å². The van der Waals surface area contributed by atoms with Crippen LogP contribution in [0.25, 0.3) is 0 Å². The Morgan fingerprint density at radius 3 is 2.82 bits per heavy atom. The number of anilines is 1. The predicted octanol–water partition coefficient (Wildman–Crippen LogP) is 2.03. The van der Waals surface area contributed by atoms with E-state index in [0.29, 0.717) is 17.7 Å². The number of nitrogen functional groups attached to an aromatic ring is 1. The number of hydrogen-bond donors (Lipinski definition) is 2. The van der Waals surface area contributed by atoms with Gasteiger partial charge in [0.2, 0.25) is 11.8 Å². The molecule has 0 atom stereocenters. The second-order valence-corrected chi connectivity index (χ2v) is 4.63. The van der Waals surface area contributed by atoms with Crippen molar-refractivity contribution in [3.63, 3.8) is 0 Å². The highest BCUT2D eigenvalue weighted by Crippen LogP contribution is 2.24. The molecule has 17 heavy (non-hydrogen) atoms. The van der Waals surface area contributed by atoms with Crippen LogP contribution >= 0.6 is 0 Å². The minimum atomic E-state index is 0.406. The Hall–Kier alpha value is -1.36. The SMILES string of the molecule is Cc1cc(OCC2CCCCC2)nc(NN)n1. The zero-order valence-corrected chi connectivity index (χ0v) is 10.3. The van der Waals surface area contributed by atoms with Crippen molar-refractivity contribution in [1.82, 2.24) is 9.97 Å². The number of aromatic nitrogens is 2. The molecule has 0 bridgehead atoms. The fourth-order valence-electron chi connectivity index (χ4n) is 2.24. The summed E-state index contributed by atoms with van der Waals surface area (Å²) in [5, 5.41) is 0. The van der Waals surface area contributed by atoms with Gasteiger partial charge < -0.3 is 4.74 Å². The monoisotopic (exact) mass is 236 g/mol. The van der Waals surface area contributed by atoms with E-state index < -0.39 is 0 Å². The van der Waals surface area contributed by atoms with Crippen LogP contribution in [0.15, 0.2) is 6.07 Å². The maximum Gasteiger partial charge on any atom is 0.240 e. The van der Waals surface area contributed by atoms with Crippen molar-refractivity contribution in [2.24, 2.45) is 11.8 Å². The molecule has 1 heterocycles. The summed E-state index contributed by atoms with van der Waals surface area (Å²) in [4.78, 5) is 8.29. The van der Waals surface area contributed by atoms with E-state index in [-0.39, 0.29) is 0 Å². The molecule has 0 amide bonds. The highest BCUT2D eigenvalue weighted by molar-refractivity contribution is 5.28. The zero-order valence-electron chi connectivity index (χ0n) is 10.3. The first-order valence-electron chi connectivity index (χ1n) is 6.23. The van der Waals surface area contributed by atoms with Gasteiger partial charge in [0.15, 0.2) is 0 Å². The van der Waals surface area contributed by atoms with Crippen molar-refractivity contribution in [1.29, 1.82) is 0 Å². The summed E-state index contributed by atoms with van der Waals surface area (Å²) in [6.07, 6.45) is 6.56. The van der Waals surface area contributed by atoms with Crippen LogP contribution in [0, 0.1) is 12.8 Å². The van der Waals surface area contributed by atoms with Gasteiger partial charge in [-0.2, -0.15) is 4.98 Å². The molecule has 5 heteroatoms. The fourth-order valence-corrected chi connectivity index (χ4v) is 2.24. The summed E-state index contributed by atoms with van der Waals surface area (Å²) in [5.41, 5.74) is 3.30. The lowest BCUT2D eigenvalue weighted by Gasteiger charge is -2.21. The molecule has 0 unspecified atom stereocenters. The molecule has 0 spiro atoms. The van der Waals surface area contributed by atoms with E-state index in [0.717, 1.165) is 12.3 Å². The molecule has 0 radical (unpaired) electrons. The van der Waals surface area contributed by atoms with Crippen LogP contribution in [0.1, 0.15) is 37.8 Å². The van der Waals surface area contributed by atoms with Crippen LogP contribution < -0.4 is 16.0 Å². The highest BCUT2D eigenvalue weighted by atomic mass is 16.5. The fraction of sp³-hybridized carbons (Fsp3) is 0.667. The van der Waals surface area contributed by atoms with Crippen LogP contribution in [0.4, 0.5) is 5.95 Å². The Morgan fingerprint density at radius 2 is 2.12 bits per heavy atom. The number of rotatable bonds is 4. The molecule has 5 nitrogen and oxygen atoms in total. The average Bonchev–Trinajstić information content (AvgIpc) is 2.37. The third-order valence-electron chi connectivity index (χ3n) is 3.15. The maximum absolute atomic E-state index is 5.72. The molecule has 0 saturated heterocycles. The number of ether oxygens (including phenoxy) is 1. The molecule has 0 aromatic carbocycles. The van der Waals surface area contributed by atoms with Crippen molar-refractivity contribution in [2.75, 3.05) is 12.0 Å². The molecule has 1 fully saturated rings. The Labute approximate surface area is 102 Å². The van der Waals surface area contributed by atoms with Crippen LogP contribution in [0.5, 0.6) is 5.88 Å². The van der Waals surface area contributed by atoms with Gasteiger partial charge in [-0.25, -0.2) is 10.8 Å². The number of aryl methyl sites for hydroxylation is 1. The molecule has 1 aromatic heterocycles. The minimum Gasteiger partial charge on any atom is -0.477 e. The molecule has 94 valence electrons. The van der Waals surface area contributed by atoms with Crippen molar-refractivity contribution >= 4 is 5.95 Å². The third kappa shape index (κ3) is 3.56. The Bertz CT molecular complexity index is 364. The molecule has 1 saturated carbocycles. The first-order chi connectivity index (χ1) is 8.28. The second-order valence-electron chi connectivity index (χ2n) is 4.63. The van der Waals surface area contributed by atoms with Crippen LogP contribution in [0.2, 0.25) is 0 Å². The first-order valence-corrected chi connectivity index (χ1v) is 6.23. The molecular formula is C12H20N4O. The van der Waals surface area contributed by atoms with Crippen molar-refractivity contribution in [3.8, 4) is 5.88 Å². The lowest BCUT2D eigenvalue weighted by molar-refractivity contribution is 0.202. The molecule has 1 aliphatic rings. The third-order valence-corrected chi connectivity index (χ3v) is 3.15. The van der Waals surface area contributed by atoms with Gasteiger partial charge in [-0.3, -0.25) is 5.43 Å². The summed E-state index contributed by atoms with van der Waals surface area (Å²) in [7, 11) is 0. The van der Waals surface area contributed by atoms with Gasteiger partial charge in [0.25, 0.3) is 0 Å². The number of hydrazine groups is 1. The van der Waals surface area contributed by atoms with E-state index in [1.165, 1.54) is 32.1 Å². The van der Waals surface area contributed by atoms with Crippen molar-refractivity contribution in [3.05, 3.63) is 11.8 Å². The van der Waals surface area contributed by atoms with Gasteiger partial charge in [-0.1, -0.05) is 19.3 Å². The standard InChI is InChI=1S/C12H20N4O/c1-9-7-11(15-12(14-9)16-13)17-8-10-5-3-2-4-6-10/h7,10H,2-6,8,13H2,1H3,(H,14,15,16). The lowest BCUT2D eigenvalue weighted by Crippen LogP contribution is -2.17. The first kappa shape index (κ1) is 12.1. The van der Waals surface area contributed by atoms with E-state index in [4.69, 9.17) is 10.6 Å². The summed E-state index contributed by atoms with van der Waals surface area (Å²) < 4.78 is 5.72. The number of nitrogens with two attached hydrogens (primary N) is 1. The van der Waals surface area contributed by atoms with Crippen molar-refractivity contribution in [2.45, 2.75) is 39.0 Å². The van der Waals surface area contributed by atoms with Gasteiger partial charge in [0, 0.05) is 11.8 Å².